The zero-order chi connectivity index (χ0) is 16.9. The van der Waals surface area contributed by atoms with Gasteiger partial charge in [0.15, 0.2) is 0 Å². The summed E-state index contributed by atoms with van der Waals surface area (Å²) in [7, 11) is 0. The predicted molar refractivity (Wildman–Crippen MR) is 103 cm³/mol. The molecule has 1 atom stereocenters. The number of aryl methyl sites for hydroxylation is 1. The molecule has 1 N–H and O–H groups in total. The lowest BCUT2D eigenvalue weighted by atomic mass is 10.2. The zero-order valence-corrected chi connectivity index (χ0v) is 15.1. The van der Waals surface area contributed by atoms with E-state index in [1.807, 2.05) is 19.1 Å². The fourth-order valence-electron chi connectivity index (χ4n) is 2.85. The minimum absolute atomic E-state index is 0.0366. The van der Waals surface area contributed by atoms with Crippen LogP contribution in [-0.4, -0.2) is 24.2 Å². The largest absolute Gasteiger partial charge is 0.372 e. The Morgan fingerprint density at radius 1 is 1.04 bits per heavy atom. The number of anilines is 2. The third-order valence-electron chi connectivity index (χ3n) is 4.31. The quantitative estimate of drug-likeness (QED) is 0.800. The average molecular weight is 340 g/mol. The Morgan fingerprint density at radius 2 is 1.67 bits per heavy atom. The summed E-state index contributed by atoms with van der Waals surface area (Å²) < 4.78 is 0. The van der Waals surface area contributed by atoms with E-state index in [0.717, 1.165) is 23.7 Å². The minimum atomic E-state index is -0.133. The molecule has 1 aliphatic rings. The van der Waals surface area contributed by atoms with Crippen LogP contribution >= 0.6 is 11.8 Å². The van der Waals surface area contributed by atoms with E-state index >= 15 is 0 Å². The van der Waals surface area contributed by atoms with Crippen LogP contribution in [0.1, 0.15) is 25.3 Å². The van der Waals surface area contributed by atoms with Crippen LogP contribution in [0.2, 0.25) is 0 Å². The van der Waals surface area contributed by atoms with Crippen molar-refractivity contribution in [3.05, 3.63) is 54.1 Å². The Hall–Kier alpha value is -1.94. The van der Waals surface area contributed by atoms with E-state index in [1.165, 1.54) is 24.1 Å². The molecule has 1 fully saturated rings. The predicted octanol–water partition coefficient (Wildman–Crippen LogP) is 4.71. The molecule has 3 rings (SSSR count). The van der Waals surface area contributed by atoms with Crippen molar-refractivity contribution in [3.8, 4) is 0 Å². The first-order valence-electron chi connectivity index (χ1n) is 8.51. The topological polar surface area (TPSA) is 32.3 Å². The van der Waals surface area contributed by atoms with Gasteiger partial charge in [0.2, 0.25) is 5.91 Å². The number of nitrogens with zero attached hydrogens (tertiary/aromatic N) is 1. The molecular formula is C20H24N2OS. The third-order valence-corrected chi connectivity index (χ3v) is 5.42. The third kappa shape index (κ3) is 4.32. The van der Waals surface area contributed by atoms with Gasteiger partial charge in [-0.3, -0.25) is 4.79 Å². The summed E-state index contributed by atoms with van der Waals surface area (Å²) >= 11 is 1.58. The van der Waals surface area contributed by atoms with Gasteiger partial charge < -0.3 is 10.2 Å². The van der Waals surface area contributed by atoms with Crippen molar-refractivity contribution < 1.29 is 4.79 Å². The van der Waals surface area contributed by atoms with E-state index in [9.17, 15) is 4.79 Å². The molecule has 1 heterocycles. The number of carbonyl (C=O) groups is 1. The maximum atomic E-state index is 12.4. The number of rotatable bonds is 5. The van der Waals surface area contributed by atoms with E-state index in [4.69, 9.17) is 0 Å². The number of hydrogen-bond acceptors (Lipinski definition) is 3. The van der Waals surface area contributed by atoms with Gasteiger partial charge in [-0.15, -0.1) is 11.8 Å². The number of hydrogen-bond donors (Lipinski definition) is 1. The van der Waals surface area contributed by atoms with Crippen molar-refractivity contribution in [1.29, 1.82) is 0 Å². The van der Waals surface area contributed by atoms with E-state index in [2.05, 4.69) is 53.5 Å². The molecule has 0 saturated carbocycles. The second-order valence-corrected chi connectivity index (χ2v) is 7.72. The Morgan fingerprint density at radius 3 is 2.29 bits per heavy atom. The Balaban J connectivity index is 1.56. The van der Waals surface area contributed by atoms with Gasteiger partial charge in [0.05, 0.1) is 5.25 Å². The van der Waals surface area contributed by atoms with Gasteiger partial charge in [-0.2, -0.15) is 0 Å². The Kier molecular flexibility index (Phi) is 5.46. The van der Waals surface area contributed by atoms with E-state index in [0.29, 0.717) is 0 Å². The van der Waals surface area contributed by atoms with Gasteiger partial charge in [-0.05, 0) is 63.1 Å². The number of nitrogens with one attached hydrogen (secondary N) is 1. The first-order valence-corrected chi connectivity index (χ1v) is 9.39. The van der Waals surface area contributed by atoms with Crippen LogP contribution in [0.3, 0.4) is 0 Å². The SMILES string of the molecule is Cc1ccc(SC(C)C(=O)Nc2ccc(N3CCCC3)cc2)cc1. The van der Waals surface area contributed by atoms with Crippen molar-refractivity contribution in [2.75, 3.05) is 23.3 Å². The van der Waals surface area contributed by atoms with Crippen LogP contribution in [0, 0.1) is 6.92 Å². The number of amides is 1. The summed E-state index contributed by atoms with van der Waals surface area (Å²) in [5, 5.41) is 2.88. The molecule has 4 heteroatoms. The normalized spacial score (nSPS) is 15.3. The van der Waals surface area contributed by atoms with E-state index < -0.39 is 0 Å². The van der Waals surface area contributed by atoms with Gasteiger partial charge >= 0.3 is 0 Å². The summed E-state index contributed by atoms with van der Waals surface area (Å²) in [4.78, 5) is 15.9. The number of thioether (sulfide) groups is 1. The Bertz CT molecular complexity index is 676. The highest BCUT2D eigenvalue weighted by molar-refractivity contribution is 8.00. The number of carbonyl (C=O) groups excluding carboxylic acids is 1. The molecule has 0 aromatic heterocycles. The highest BCUT2D eigenvalue weighted by Gasteiger charge is 2.15. The molecular weight excluding hydrogens is 316 g/mol. The molecule has 1 amide bonds. The minimum Gasteiger partial charge on any atom is -0.372 e. The van der Waals surface area contributed by atoms with E-state index in [-0.39, 0.29) is 11.2 Å². The van der Waals surface area contributed by atoms with Crippen molar-refractivity contribution in [2.24, 2.45) is 0 Å². The molecule has 0 aliphatic carbocycles. The van der Waals surface area contributed by atoms with Crippen LogP contribution in [0.15, 0.2) is 53.4 Å². The van der Waals surface area contributed by atoms with Crippen molar-refractivity contribution in [2.45, 2.75) is 36.8 Å². The highest BCUT2D eigenvalue weighted by atomic mass is 32.2. The van der Waals surface area contributed by atoms with Crippen LogP contribution in [-0.2, 0) is 4.79 Å². The second-order valence-electron chi connectivity index (χ2n) is 6.30. The molecule has 0 radical (unpaired) electrons. The fraction of sp³-hybridized carbons (Fsp3) is 0.350. The summed E-state index contributed by atoms with van der Waals surface area (Å²) in [6.07, 6.45) is 2.54. The van der Waals surface area contributed by atoms with Crippen molar-refractivity contribution >= 4 is 29.0 Å². The van der Waals surface area contributed by atoms with Gasteiger partial charge in [-0.1, -0.05) is 17.7 Å². The molecule has 1 unspecified atom stereocenters. The van der Waals surface area contributed by atoms with Crippen molar-refractivity contribution in [1.82, 2.24) is 0 Å². The summed E-state index contributed by atoms with van der Waals surface area (Å²) in [5.74, 6) is 0.0366. The lowest BCUT2D eigenvalue weighted by Gasteiger charge is -2.18. The van der Waals surface area contributed by atoms with Crippen LogP contribution in [0.5, 0.6) is 0 Å². The maximum Gasteiger partial charge on any atom is 0.237 e. The van der Waals surface area contributed by atoms with Crippen molar-refractivity contribution in [3.63, 3.8) is 0 Å². The molecule has 2 aromatic rings. The molecule has 2 aromatic carbocycles. The fourth-order valence-corrected chi connectivity index (χ4v) is 3.72. The summed E-state index contributed by atoms with van der Waals surface area (Å²) in [6.45, 7) is 6.28. The average Bonchev–Trinajstić information content (AvgIpc) is 3.12. The van der Waals surface area contributed by atoms with Gasteiger partial charge in [0.1, 0.15) is 0 Å². The smallest absolute Gasteiger partial charge is 0.237 e. The summed E-state index contributed by atoms with van der Waals surface area (Å²) in [6, 6.07) is 16.5. The van der Waals surface area contributed by atoms with Crippen LogP contribution < -0.4 is 10.2 Å². The molecule has 126 valence electrons. The van der Waals surface area contributed by atoms with Gasteiger partial charge in [-0.25, -0.2) is 0 Å². The zero-order valence-electron chi connectivity index (χ0n) is 14.3. The molecule has 24 heavy (non-hydrogen) atoms. The van der Waals surface area contributed by atoms with Gasteiger partial charge in [0.25, 0.3) is 0 Å². The maximum absolute atomic E-state index is 12.4. The summed E-state index contributed by atoms with van der Waals surface area (Å²) in [5.41, 5.74) is 3.33. The lowest BCUT2D eigenvalue weighted by Crippen LogP contribution is -2.22. The molecule has 0 bridgehead atoms. The standard InChI is InChI=1S/C20H24N2OS/c1-15-5-11-19(12-6-15)24-16(2)20(23)21-17-7-9-18(10-8-17)22-13-3-4-14-22/h5-12,16H,3-4,13-14H2,1-2H3,(H,21,23). The molecule has 1 aliphatic heterocycles. The molecule has 1 saturated heterocycles. The number of benzene rings is 2. The second kappa shape index (κ2) is 7.75. The molecule has 3 nitrogen and oxygen atoms in total. The first kappa shape index (κ1) is 16.9. The first-order chi connectivity index (χ1) is 11.6. The Labute approximate surface area is 148 Å². The van der Waals surface area contributed by atoms with Gasteiger partial charge in [0, 0.05) is 29.4 Å². The monoisotopic (exact) mass is 340 g/mol. The van der Waals surface area contributed by atoms with E-state index in [1.54, 1.807) is 11.8 Å². The van der Waals surface area contributed by atoms with Crippen LogP contribution in [0.4, 0.5) is 11.4 Å². The highest BCUT2D eigenvalue weighted by Crippen LogP contribution is 2.25. The van der Waals surface area contributed by atoms with Crippen LogP contribution in [0.25, 0.3) is 0 Å². The molecule has 0 spiro atoms. The lowest BCUT2D eigenvalue weighted by molar-refractivity contribution is -0.115.